The Morgan fingerprint density at radius 3 is 1.55 bits per heavy atom. The van der Waals surface area contributed by atoms with E-state index in [-0.39, 0.29) is 6.17 Å². The van der Waals surface area contributed by atoms with Gasteiger partial charge in [0.1, 0.15) is 11.8 Å². The number of rotatable bonds is 6. The summed E-state index contributed by atoms with van der Waals surface area (Å²) in [6, 6.07) is 60.9. The number of aromatic nitrogens is 2. The van der Waals surface area contributed by atoms with Crippen LogP contribution >= 0.6 is 0 Å². The summed E-state index contributed by atoms with van der Waals surface area (Å²) in [6.45, 7) is 0. The lowest BCUT2D eigenvalue weighted by molar-refractivity contribution is 0.429. The molecule has 4 heterocycles. The minimum Gasteiger partial charge on any atom is -0.360 e. The molecule has 0 bridgehead atoms. The van der Waals surface area contributed by atoms with Crippen LogP contribution in [0.25, 0.3) is 83.1 Å². The van der Waals surface area contributed by atoms with Crippen LogP contribution in [0.4, 0.5) is 0 Å². The Hall–Kier alpha value is -7.43. The smallest absolute Gasteiger partial charge is 0.137 e. The standard InChI is InChI=1S/C52H36N4/c1-3-11-35(12-4-1)41-27-29-49-53-47(33-55(49)31-41)37-19-23-39(24-20-37)51-43-15-7-9-17-45(43)52(46-18-10-8-16-44(46)51)40-25-21-38(22-26-40)48-34-56-32-42(28-30-50(56)54-48)36-13-5-2-6-14-36/h1-34,49,53H. The molecule has 0 aliphatic carbocycles. The molecule has 0 radical (unpaired) electrons. The first-order valence-corrected chi connectivity index (χ1v) is 19.1. The van der Waals surface area contributed by atoms with Gasteiger partial charge in [-0.25, -0.2) is 4.98 Å². The van der Waals surface area contributed by atoms with Gasteiger partial charge in [0.05, 0.1) is 11.4 Å². The molecule has 0 spiro atoms. The van der Waals surface area contributed by atoms with E-state index in [4.69, 9.17) is 4.98 Å². The van der Waals surface area contributed by atoms with Crippen LogP contribution in [0.3, 0.4) is 0 Å². The molecule has 4 nitrogen and oxygen atoms in total. The molecule has 1 unspecified atom stereocenters. The van der Waals surface area contributed by atoms with E-state index in [1.54, 1.807) is 0 Å². The molecule has 2 aliphatic rings. The Morgan fingerprint density at radius 2 is 0.946 bits per heavy atom. The monoisotopic (exact) mass is 716 g/mol. The minimum atomic E-state index is 0.110. The van der Waals surface area contributed by atoms with Crippen LogP contribution in [0.1, 0.15) is 11.1 Å². The highest BCUT2D eigenvalue weighted by atomic mass is 15.3. The minimum absolute atomic E-state index is 0.110. The molecule has 1 atom stereocenters. The van der Waals surface area contributed by atoms with Crippen LogP contribution in [0, 0.1) is 0 Å². The van der Waals surface area contributed by atoms with Crippen LogP contribution < -0.4 is 5.32 Å². The van der Waals surface area contributed by atoms with Crippen molar-refractivity contribution in [1.82, 2.24) is 19.6 Å². The molecule has 11 rings (SSSR count). The third-order valence-corrected chi connectivity index (χ3v) is 11.2. The molecular weight excluding hydrogens is 681 g/mol. The van der Waals surface area contributed by atoms with E-state index in [1.165, 1.54) is 71.6 Å². The topological polar surface area (TPSA) is 32.6 Å². The van der Waals surface area contributed by atoms with Crippen LogP contribution in [0.15, 0.2) is 207 Å². The first-order valence-electron chi connectivity index (χ1n) is 19.1. The van der Waals surface area contributed by atoms with Crippen LogP contribution in [0.2, 0.25) is 0 Å². The van der Waals surface area contributed by atoms with E-state index in [0.29, 0.717) is 0 Å². The van der Waals surface area contributed by atoms with E-state index < -0.39 is 0 Å². The van der Waals surface area contributed by atoms with Gasteiger partial charge >= 0.3 is 0 Å². The van der Waals surface area contributed by atoms with Crippen LogP contribution in [-0.2, 0) is 0 Å². The molecular formula is C52H36N4. The second kappa shape index (κ2) is 13.2. The zero-order valence-electron chi connectivity index (χ0n) is 30.5. The van der Waals surface area contributed by atoms with E-state index in [2.05, 4.69) is 215 Å². The van der Waals surface area contributed by atoms with Gasteiger partial charge in [0.15, 0.2) is 0 Å². The molecule has 0 fully saturated rings. The highest BCUT2D eigenvalue weighted by Gasteiger charge is 2.24. The number of pyridine rings is 1. The molecule has 0 saturated heterocycles. The van der Waals surface area contributed by atoms with Crippen molar-refractivity contribution in [3.8, 4) is 44.6 Å². The Morgan fingerprint density at radius 1 is 0.429 bits per heavy atom. The van der Waals surface area contributed by atoms with Crippen molar-refractivity contribution in [2.75, 3.05) is 0 Å². The second-order valence-electron chi connectivity index (χ2n) is 14.6. The van der Waals surface area contributed by atoms with Gasteiger partial charge in [0.25, 0.3) is 0 Å². The van der Waals surface area contributed by atoms with Crippen LogP contribution in [0.5, 0.6) is 0 Å². The first kappa shape index (κ1) is 32.0. The van der Waals surface area contributed by atoms with Gasteiger partial charge in [-0.1, -0.05) is 164 Å². The van der Waals surface area contributed by atoms with Gasteiger partial charge in [0, 0.05) is 30.4 Å². The second-order valence-corrected chi connectivity index (χ2v) is 14.6. The van der Waals surface area contributed by atoms with Crippen molar-refractivity contribution < 1.29 is 0 Å². The van der Waals surface area contributed by atoms with Crippen molar-refractivity contribution in [2.45, 2.75) is 6.17 Å². The summed E-state index contributed by atoms with van der Waals surface area (Å²) < 4.78 is 2.12. The average molecular weight is 717 g/mol. The highest BCUT2D eigenvalue weighted by Crippen LogP contribution is 2.44. The molecule has 2 aliphatic heterocycles. The predicted octanol–water partition coefficient (Wildman–Crippen LogP) is 12.4. The Kier molecular flexibility index (Phi) is 7.52. The fourth-order valence-electron chi connectivity index (χ4n) is 8.43. The van der Waals surface area contributed by atoms with Crippen molar-refractivity contribution >= 4 is 38.5 Å². The Balaban J connectivity index is 0.935. The molecule has 7 aromatic carbocycles. The molecule has 56 heavy (non-hydrogen) atoms. The molecule has 1 N–H and O–H groups in total. The number of nitrogens with zero attached hydrogens (tertiary/aromatic N) is 3. The van der Waals surface area contributed by atoms with E-state index in [9.17, 15) is 0 Å². The van der Waals surface area contributed by atoms with Gasteiger partial charge < -0.3 is 14.6 Å². The van der Waals surface area contributed by atoms with Crippen molar-refractivity contribution in [2.24, 2.45) is 0 Å². The number of hydrogen-bond donors (Lipinski definition) is 1. The fourth-order valence-corrected chi connectivity index (χ4v) is 8.43. The maximum absolute atomic E-state index is 4.98. The zero-order valence-corrected chi connectivity index (χ0v) is 30.5. The SMILES string of the molecule is C1=CC2NC(c3ccc(-c4c5ccccc5c(-c5ccc(-c6cn7cc(-c8ccccc8)ccc7n6)cc5)c5ccccc45)cc3)=CN2C=C1c1ccccc1. The Bertz CT molecular complexity index is 2970. The average Bonchev–Trinajstić information content (AvgIpc) is 3.91. The largest absolute Gasteiger partial charge is 0.360 e. The number of allylic oxidation sites excluding steroid dienone is 2. The highest BCUT2D eigenvalue weighted by molar-refractivity contribution is 6.21. The number of fused-ring (bicyclic) bond motifs is 4. The summed E-state index contributed by atoms with van der Waals surface area (Å²) in [6.07, 6.45) is 13.3. The summed E-state index contributed by atoms with van der Waals surface area (Å²) in [5, 5.41) is 8.67. The summed E-state index contributed by atoms with van der Waals surface area (Å²) in [5.41, 5.74) is 15.0. The quantitative estimate of drug-likeness (QED) is 0.174. The van der Waals surface area contributed by atoms with Gasteiger partial charge in [-0.3, -0.25) is 0 Å². The summed E-state index contributed by atoms with van der Waals surface area (Å²) >= 11 is 0. The lowest BCUT2D eigenvalue weighted by Crippen LogP contribution is -2.32. The van der Waals surface area contributed by atoms with E-state index in [0.717, 1.165) is 22.6 Å². The fraction of sp³-hybridized carbons (Fsp3) is 0.0192. The Labute approximate surface area is 325 Å². The molecule has 9 aromatic rings. The number of hydrogen-bond acceptors (Lipinski definition) is 3. The zero-order chi connectivity index (χ0) is 37.0. The lowest BCUT2D eigenvalue weighted by Gasteiger charge is -2.24. The predicted molar refractivity (Wildman–Crippen MR) is 232 cm³/mol. The third-order valence-electron chi connectivity index (χ3n) is 11.2. The van der Waals surface area contributed by atoms with Crippen molar-refractivity contribution in [3.63, 3.8) is 0 Å². The van der Waals surface area contributed by atoms with Gasteiger partial charge in [-0.05, 0) is 89.8 Å². The number of imidazole rings is 1. The molecule has 0 saturated carbocycles. The third kappa shape index (κ3) is 5.50. The number of nitrogens with one attached hydrogen (secondary N) is 1. The summed E-state index contributed by atoms with van der Waals surface area (Å²) in [4.78, 5) is 7.24. The molecule has 264 valence electrons. The number of benzene rings is 7. The van der Waals surface area contributed by atoms with E-state index >= 15 is 0 Å². The summed E-state index contributed by atoms with van der Waals surface area (Å²) in [7, 11) is 0. The maximum Gasteiger partial charge on any atom is 0.137 e. The van der Waals surface area contributed by atoms with Crippen molar-refractivity contribution in [3.05, 3.63) is 218 Å². The van der Waals surface area contributed by atoms with Gasteiger partial charge in [-0.2, -0.15) is 0 Å². The van der Waals surface area contributed by atoms with E-state index in [1.807, 2.05) is 6.07 Å². The summed E-state index contributed by atoms with van der Waals surface area (Å²) in [5.74, 6) is 0. The molecule has 0 amide bonds. The maximum atomic E-state index is 4.98. The van der Waals surface area contributed by atoms with Crippen molar-refractivity contribution in [1.29, 1.82) is 0 Å². The first-order chi connectivity index (χ1) is 27.7. The molecule has 2 aromatic heterocycles. The van der Waals surface area contributed by atoms with Crippen LogP contribution in [-0.4, -0.2) is 20.5 Å². The van der Waals surface area contributed by atoms with Gasteiger partial charge in [-0.15, -0.1) is 0 Å². The van der Waals surface area contributed by atoms with Gasteiger partial charge in [0.2, 0.25) is 0 Å². The lowest BCUT2D eigenvalue weighted by atomic mass is 9.85. The normalized spacial score (nSPS) is 14.9. The molecule has 4 heteroatoms.